The number of methoxy groups -OCH3 is 1. The van der Waals surface area contributed by atoms with Crippen molar-refractivity contribution in [3.8, 4) is 5.75 Å². The first-order valence-electron chi connectivity index (χ1n) is 8.60. The van der Waals surface area contributed by atoms with Crippen LogP contribution in [0, 0.1) is 5.92 Å². The summed E-state index contributed by atoms with van der Waals surface area (Å²) in [7, 11) is 1.65. The van der Waals surface area contributed by atoms with E-state index in [4.69, 9.17) is 10.5 Å². The Hall–Kier alpha value is -1.75. The zero-order valence-electron chi connectivity index (χ0n) is 14.4. The third-order valence-corrected chi connectivity index (χ3v) is 4.25. The van der Waals surface area contributed by atoms with Crippen molar-refractivity contribution in [1.29, 1.82) is 0 Å². The molecule has 2 rings (SSSR count). The van der Waals surface area contributed by atoms with Gasteiger partial charge in [0.2, 0.25) is 0 Å². The van der Waals surface area contributed by atoms with E-state index in [1.807, 2.05) is 24.3 Å². The smallest absolute Gasteiger partial charge is 0.193 e. The third-order valence-electron chi connectivity index (χ3n) is 4.25. The molecule has 1 fully saturated rings. The monoisotopic (exact) mass is 318 g/mol. The van der Waals surface area contributed by atoms with Gasteiger partial charge in [0.15, 0.2) is 5.96 Å². The van der Waals surface area contributed by atoms with Crippen LogP contribution < -0.4 is 15.8 Å². The molecule has 0 saturated carbocycles. The number of unbranched alkanes of at least 4 members (excludes halogenated alkanes) is 1. The van der Waals surface area contributed by atoms with Crippen molar-refractivity contribution in [1.82, 2.24) is 4.90 Å². The molecular formula is C18H30N4O. The summed E-state index contributed by atoms with van der Waals surface area (Å²) in [4.78, 5) is 6.98. The van der Waals surface area contributed by atoms with Crippen LogP contribution >= 0.6 is 0 Å². The number of hydrogen-bond acceptors (Lipinski definition) is 3. The van der Waals surface area contributed by atoms with Crippen molar-refractivity contribution in [3.63, 3.8) is 0 Å². The lowest BCUT2D eigenvalue weighted by atomic mass is 10.0. The Balaban J connectivity index is 1.64. The molecule has 23 heavy (non-hydrogen) atoms. The van der Waals surface area contributed by atoms with Gasteiger partial charge in [-0.1, -0.05) is 13.0 Å². The number of nitrogens with zero attached hydrogens (tertiary/aromatic N) is 2. The van der Waals surface area contributed by atoms with E-state index in [1.165, 1.54) is 38.9 Å². The van der Waals surface area contributed by atoms with E-state index in [0.717, 1.165) is 30.3 Å². The highest BCUT2D eigenvalue weighted by Crippen LogP contribution is 2.17. The molecule has 0 aliphatic carbocycles. The molecule has 3 N–H and O–H groups in total. The highest BCUT2D eigenvalue weighted by molar-refractivity contribution is 5.92. The summed E-state index contributed by atoms with van der Waals surface area (Å²) in [6.07, 6.45) is 4.98. The summed E-state index contributed by atoms with van der Waals surface area (Å²) in [6, 6.07) is 7.68. The SMILES string of the molecule is COc1cccc(NC(N)=NCCCCN2CCCC(C)C2)c1. The minimum Gasteiger partial charge on any atom is -0.497 e. The number of likely N-dealkylation sites (tertiary alicyclic amines) is 1. The van der Waals surface area contributed by atoms with Crippen LogP contribution in [0.5, 0.6) is 5.75 Å². The van der Waals surface area contributed by atoms with Crippen LogP contribution in [0.1, 0.15) is 32.6 Å². The van der Waals surface area contributed by atoms with Crippen LogP contribution in [-0.4, -0.2) is 44.1 Å². The molecule has 1 heterocycles. The lowest BCUT2D eigenvalue weighted by Crippen LogP contribution is -2.35. The van der Waals surface area contributed by atoms with Crippen molar-refractivity contribution >= 4 is 11.6 Å². The molecule has 1 atom stereocenters. The van der Waals surface area contributed by atoms with E-state index in [1.54, 1.807) is 7.11 Å². The number of piperidine rings is 1. The number of rotatable bonds is 7. The number of aliphatic imine (C=N–C) groups is 1. The molecule has 5 nitrogen and oxygen atoms in total. The Labute approximate surface area is 139 Å². The molecule has 1 aromatic carbocycles. The summed E-state index contributed by atoms with van der Waals surface area (Å²) >= 11 is 0. The highest BCUT2D eigenvalue weighted by Gasteiger charge is 2.15. The fourth-order valence-corrected chi connectivity index (χ4v) is 3.02. The van der Waals surface area contributed by atoms with E-state index in [0.29, 0.717) is 5.96 Å². The van der Waals surface area contributed by atoms with Crippen molar-refractivity contribution in [2.75, 3.05) is 38.6 Å². The van der Waals surface area contributed by atoms with Gasteiger partial charge in [-0.15, -0.1) is 0 Å². The van der Waals surface area contributed by atoms with Crippen molar-refractivity contribution < 1.29 is 4.74 Å². The first-order valence-corrected chi connectivity index (χ1v) is 8.60. The van der Waals surface area contributed by atoms with Crippen LogP contribution in [0.25, 0.3) is 0 Å². The second kappa shape index (κ2) is 9.40. The summed E-state index contributed by atoms with van der Waals surface area (Å²) in [5.74, 6) is 2.12. The molecule has 1 saturated heterocycles. The average Bonchev–Trinajstić information content (AvgIpc) is 2.55. The Bertz CT molecular complexity index is 504. The van der Waals surface area contributed by atoms with Gasteiger partial charge in [0.05, 0.1) is 7.11 Å². The predicted octanol–water partition coefficient (Wildman–Crippen LogP) is 2.93. The number of nitrogens with one attached hydrogen (secondary N) is 1. The van der Waals surface area contributed by atoms with Gasteiger partial charge in [0.25, 0.3) is 0 Å². The maximum absolute atomic E-state index is 5.93. The number of guanidine groups is 1. The molecule has 128 valence electrons. The van der Waals surface area contributed by atoms with Gasteiger partial charge in [-0.2, -0.15) is 0 Å². The number of anilines is 1. The van der Waals surface area contributed by atoms with Gasteiger partial charge in [-0.3, -0.25) is 4.99 Å². The van der Waals surface area contributed by atoms with Crippen LogP contribution in [0.4, 0.5) is 5.69 Å². The first kappa shape index (κ1) is 17.6. The van der Waals surface area contributed by atoms with Crippen molar-refractivity contribution in [3.05, 3.63) is 24.3 Å². The largest absolute Gasteiger partial charge is 0.497 e. The van der Waals surface area contributed by atoms with E-state index >= 15 is 0 Å². The normalized spacial score (nSPS) is 19.6. The van der Waals surface area contributed by atoms with Gasteiger partial charge in [0, 0.05) is 24.8 Å². The lowest BCUT2D eigenvalue weighted by molar-refractivity contribution is 0.181. The lowest BCUT2D eigenvalue weighted by Gasteiger charge is -2.30. The Kier molecular flexibility index (Phi) is 7.20. The minimum atomic E-state index is 0.463. The topological polar surface area (TPSA) is 62.9 Å². The molecule has 1 aliphatic rings. The number of ether oxygens (including phenoxy) is 1. The van der Waals surface area contributed by atoms with Gasteiger partial charge < -0.3 is 20.7 Å². The molecule has 1 unspecified atom stereocenters. The van der Waals surface area contributed by atoms with Crippen molar-refractivity contribution in [2.45, 2.75) is 32.6 Å². The standard InChI is InChI=1S/C18H30N4O/c1-15-7-6-12-22(14-15)11-4-3-10-20-18(19)21-16-8-5-9-17(13-16)23-2/h5,8-9,13,15H,3-4,6-7,10-12,14H2,1-2H3,(H3,19,20,21). The summed E-state index contributed by atoms with van der Waals surface area (Å²) in [6.45, 7) is 6.81. The second-order valence-corrected chi connectivity index (χ2v) is 6.38. The molecule has 0 amide bonds. The quantitative estimate of drug-likeness (QED) is 0.461. The molecule has 0 radical (unpaired) electrons. The second-order valence-electron chi connectivity index (χ2n) is 6.38. The Morgan fingerprint density at radius 2 is 2.30 bits per heavy atom. The van der Waals surface area contributed by atoms with Crippen molar-refractivity contribution in [2.24, 2.45) is 16.6 Å². The summed E-state index contributed by atoms with van der Waals surface area (Å²) in [5, 5.41) is 3.10. The summed E-state index contributed by atoms with van der Waals surface area (Å²) < 4.78 is 5.19. The van der Waals surface area contributed by atoms with E-state index < -0.39 is 0 Å². The van der Waals surface area contributed by atoms with E-state index in [2.05, 4.69) is 22.1 Å². The van der Waals surface area contributed by atoms with Crippen LogP contribution in [0.3, 0.4) is 0 Å². The number of benzene rings is 1. The number of hydrogen-bond donors (Lipinski definition) is 2. The zero-order chi connectivity index (χ0) is 16.5. The molecular weight excluding hydrogens is 288 g/mol. The molecule has 0 aromatic heterocycles. The zero-order valence-corrected chi connectivity index (χ0v) is 14.4. The molecule has 1 aliphatic heterocycles. The Morgan fingerprint density at radius 3 is 3.09 bits per heavy atom. The van der Waals surface area contributed by atoms with Gasteiger partial charge in [-0.05, 0) is 56.8 Å². The maximum atomic E-state index is 5.93. The fourth-order valence-electron chi connectivity index (χ4n) is 3.02. The highest BCUT2D eigenvalue weighted by atomic mass is 16.5. The average molecular weight is 318 g/mol. The number of nitrogens with two attached hydrogens (primary N) is 1. The molecule has 0 bridgehead atoms. The van der Waals surface area contributed by atoms with Crippen LogP contribution in [0.2, 0.25) is 0 Å². The Morgan fingerprint density at radius 1 is 1.43 bits per heavy atom. The first-order chi connectivity index (χ1) is 11.2. The molecule has 5 heteroatoms. The van der Waals surface area contributed by atoms with Gasteiger partial charge in [0.1, 0.15) is 5.75 Å². The minimum absolute atomic E-state index is 0.463. The maximum Gasteiger partial charge on any atom is 0.193 e. The fraction of sp³-hybridized carbons (Fsp3) is 0.611. The van der Waals surface area contributed by atoms with E-state index in [-0.39, 0.29) is 0 Å². The summed E-state index contributed by atoms with van der Waals surface area (Å²) in [5.41, 5.74) is 6.82. The van der Waals surface area contributed by atoms with Gasteiger partial charge >= 0.3 is 0 Å². The predicted molar refractivity (Wildman–Crippen MR) is 97.2 cm³/mol. The van der Waals surface area contributed by atoms with Crippen LogP contribution in [0.15, 0.2) is 29.3 Å². The van der Waals surface area contributed by atoms with Crippen LogP contribution in [-0.2, 0) is 0 Å². The third kappa shape index (κ3) is 6.48. The van der Waals surface area contributed by atoms with E-state index in [9.17, 15) is 0 Å². The van der Waals surface area contributed by atoms with Gasteiger partial charge in [-0.25, -0.2) is 0 Å². The molecule has 1 aromatic rings. The molecule has 0 spiro atoms.